The highest BCUT2D eigenvalue weighted by molar-refractivity contribution is 14.1. The van der Waals surface area contributed by atoms with Crippen LogP contribution < -0.4 is 5.43 Å². The summed E-state index contributed by atoms with van der Waals surface area (Å²) < 4.78 is 1.93. The van der Waals surface area contributed by atoms with Crippen LogP contribution in [-0.2, 0) is 0 Å². The molecule has 4 heteroatoms. The molecule has 1 rings (SSSR count). The third-order valence-corrected chi connectivity index (χ3v) is 1.09. The van der Waals surface area contributed by atoms with Gasteiger partial charge in [-0.1, -0.05) is 0 Å². The minimum atomic E-state index is 0.834. The van der Waals surface area contributed by atoms with Crippen LogP contribution >= 0.6 is 22.9 Å². The molecular formula is C2H4IN3. The van der Waals surface area contributed by atoms with Gasteiger partial charge in [-0.15, -0.1) is 0 Å². The van der Waals surface area contributed by atoms with E-state index < -0.39 is 0 Å². The Labute approximate surface area is 49.9 Å². The first-order valence-corrected chi connectivity index (χ1v) is 2.54. The first kappa shape index (κ1) is 4.17. The minimum absolute atomic E-state index is 0.834. The molecule has 1 aliphatic heterocycles. The van der Waals surface area contributed by atoms with Crippen molar-refractivity contribution in [2.24, 2.45) is 5.10 Å². The van der Waals surface area contributed by atoms with Gasteiger partial charge in [0.05, 0.1) is 22.9 Å². The molecule has 0 fully saturated rings. The number of hydrogen-bond donors (Lipinski definition) is 1. The maximum absolute atomic E-state index is 3.71. The van der Waals surface area contributed by atoms with E-state index >= 15 is 0 Å². The SMILES string of the molecule is IN1C=NNC1. The minimum Gasteiger partial charge on any atom is -0.288 e. The van der Waals surface area contributed by atoms with Crippen molar-refractivity contribution in [3.05, 3.63) is 0 Å². The molecule has 1 heterocycles. The maximum atomic E-state index is 3.71. The molecule has 34 valence electrons. The molecule has 0 aliphatic carbocycles. The summed E-state index contributed by atoms with van der Waals surface area (Å²) in [4.78, 5) is 0. The second-order valence-corrected chi connectivity index (χ2v) is 2.20. The lowest BCUT2D eigenvalue weighted by Crippen LogP contribution is -2.10. The van der Waals surface area contributed by atoms with Gasteiger partial charge in [-0.3, -0.25) is 8.54 Å². The molecule has 0 spiro atoms. The van der Waals surface area contributed by atoms with Gasteiger partial charge in [-0.05, 0) is 0 Å². The quantitative estimate of drug-likeness (QED) is 0.441. The Morgan fingerprint density at radius 3 is 3.00 bits per heavy atom. The van der Waals surface area contributed by atoms with Crippen molar-refractivity contribution in [1.82, 2.24) is 8.54 Å². The van der Waals surface area contributed by atoms with Crippen LogP contribution in [0.1, 0.15) is 0 Å². The van der Waals surface area contributed by atoms with Gasteiger partial charge in [0, 0.05) is 0 Å². The van der Waals surface area contributed by atoms with Crippen molar-refractivity contribution in [2.45, 2.75) is 0 Å². The van der Waals surface area contributed by atoms with E-state index in [9.17, 15) is 0 Å². The first-order valence-electron chi connectivity index (χ1n) is 1.58. The number of halogens is 1. The number of nitrogens with zero attached hydrogens (tertiary/aromatic N) is 2. The molecule has 0 aromatic carbocycles. The lowest BCUT2D eigenvalue weighted by molar-refractivity contribution is 0.676. The van der Waals surface area contributed by atoms with Crippen molar-refractivity contribution in [1.29, 1.82) is 0 Å². The largest absolute Gasteiger partial charge is 0.288 e. The van der Waals surface area contributed by atoms with Crippen LogP contribution in [0.2, 0.25) is 0 Å². The second kappa shape index (κ2) is 1.63. The van der Waals surface area contributed by atoms with Crippen molar-refractivity contribution >= 4 is 29.2 Å². The predicted octanol–water partition coefficient (Wildman–Crippen LogP) is 0.142. The highest BCUT2D eigenvalue weighted by atomic mass is 127. The van der Waals surface area contributed by atoms with E-state index in [4.69, 9.17) is 0 Å². The molecule has 0 atom stereocenters. The van der Waals surface area contributed by atoms with E-state index in [2.05, 4.69) is 33.4 Å². The highest BCUT2D eigenvalue weighted by Crippen LogP contribution is 1.93. The lowest BCUT2D eigenvalue weighted by atomic mass is 11.1. The zero-order chi connectivity index (χ0) is 4.41. The first-order chi connectivity index (χ1) is 2.89. The van der Waals surface area contributed by atoms with Crippen LogP contribution in [-0.4, -0.2) is 16.1 Å². The van der Waals surface area contributed by atoms with Gasteiger partial charge in [-0.2, -0.15) is 5.10 Å². The van der Waals surface area contributed by atoms with E-state index in [0.717, 1.165) is 6.67 Å². The number of hydrazone groups is 1. The molecule has 0 unspecified atom stereocenters. The number of rotatable bonds is 0. The van der Waals surface area contributed by atoms with E-state index in [-0.39, 0.29) is 0 Å². The van der Waals surface area contributed by atoms with Gasteiger partial charge in [0.25, 0.3) is 0 Å². The summed E-state index contributed by atoms with van der Waals surface area (Å²) in [5.74, 6) is 0. The molecular weight excluding hydrogens is 193 g/mol. The molecule has 1 aliphatic rings. The van der Waals surface area contributed by atoms with Crippen molar-refractivity contribution in [3.8, 4) is 0 Å². The zero-order valence-corrected chi connectivity index (χ0v) is 5.21. The molecule has 0 aromatic rings. The smallest absolute Gasteiger partial charge is 0.121 e. The summed E-state index contributed by atoms with van der Waals surface area (Å²) in [6.45, 7) is 0.834. The Hall–Kier alpha value is 0. The van der Waals surface area contributed by atoms with Gasteiger partial charge >= 0.3 is 0 Å². The van der Waals surface area contributed by atoms with E-state index in [0.29, 0.717) is 0 Å². The average Bonchev–Trinajstić information content (AvgIpc) is 1.86. The van der Waals surface area contributed by atoms with Gasteiger partial charge in [0.2, 0.25) is 0 Å². The van der Waals surface area contributed by atoms with Crippen LogP contribution in [0.15, 0.2) is 5.10 Å². The normalized spacial score (nSPS) is 18.5. The zero-order valence-electron chi connectivity index (χ0n) is 3.06. The summed E-state index contributed by atoms with van der Waals surface area (Å²) in [5, 5.41) is 3.71. The van der Waals surface area contributed by atoms with E-state index in [1.807, 2.05) is 3.11 Å². The van der Waals surface area contributed by atoms with Gasteiger partial charge in [0.1, 0.15) is 13.0 Å². The molecule has 0 radical (unpaired) electrons. The fraction of sp³-hybridized carbons (Fsp3) is 0.500. The molecule has 1 N–H and O–H groups in total. The molecule has 0 aromatic heterocycles. The van der Waals surface area contributed by atoms with Crippen LogP contribution in [0, 0.1) is 0 Å². The van der Waals surface area contributed by atoms with Crippen LogP contribution in [0.5, 0.6) is 0 Å². The standard InChI is InChI=1S/C2H4IN3/c3-6-1-4-5-2-6/h1,5H,2H2. The molecule has 0 saturated heterocycles. The summed E-state index contributed by atoms with van der Waals surface area (Å²) in [6, 6.07) is 0. The molecule has 0 saturated carbocycles. The highest BCUT2D eigenvalue weighted by Gasteiger charge is 1.94. The van der Waals surface area contributed by atoms with E-state index in [1.165, 1.54) is 0 Å². The monoisotopic (exact) mass is 197 g/mol. The third-order valence-electron chi connectivity index (χ3n) is 0.496. The second-order valence-electron chi connectivity index (χ2n) is 0.960. The fourth-order valence-corrected chi connectivity index (χ4v) is 0.530. The summed E-state index contributed by atoms with van der Waals surface area (Å²) >= 11 is 2.15. The Bertz CT molecular complexity index is 71.2. The molecule has 3 nitrogen and oxygen atoms in total. The van der Waals surface area contributed by atoms with Crippen molar-refractivity contribution in [3.63, 3.8) is 0 Å². The Balaban J connectivity index is 2.38. The summed E-state index contributed by atoms with van der Waals surface area (Å²) in [7, 11) is 0. The lowest BCUT2D eigenvalue weighted by Gasteiger charge is -1.95. The predicted molar refractivity (Wildman–Crippen MR) is 32.4 cm³/mol. The molecule has 0 amide bonds. The number of nitrogens with one attached hydrogen (secondary N) is 1. The van der Waals surface area contributed by atoms with Gasteiger partial charge in [-0.25, -0.2) is 0 Å². The Morgan fingerprint density at radius 2 is 2.83 bits per heavy atom. The van der Waals surface area contributed by atoms with Crippen LogP contribution in [0.3, 0.4) is 0 Å². The molecule has 6 heavy (non-hydrogen) atoms. The Kier molecular flexibility index (Phi) is 1.13. The third kappa shape index (κ3) is 0.735. The molecule has 0 bridgehead atoms. The maximum Gasteiger partial charge on any atom is 0.121 e. The Morgan fingerprint density at radius 1 is 2.00 bits per heavy atom. The van der Waals surface area contributed by atoms with Crippen LogP contribution in [0.4, 0.5) is 0 Å². The van der Waals surface area contributed by atoms with Crippen LogP contribution in [0.25, 0.3) is 0 Å². The summed E-state index contributed by atoms with van der Waals surface area (Å²) in [5.41, 5.74) is 2.76. The fourth-order valence-electron chi connectivity index (χ4n) is 0.253. The summed E-state index contributed by atoms with van der Waals surface area (Å²) in [6.07, 6.45) is 1.74. The number of hydrogen-bond acceptors (Lipinski definition) is 3. The van der Waals surface area contributed by atoms with Crippen molar-refractivity contribution < 1.29 is 0 Å². The van der Waals surface area contributed by atoms with E-state index in [1.54, 1.807) is 6.34 Å². The van der Waals surface area contributed by atoms with Gasteiger partial charge in [0.15, 0.2) is 0 Å². The van der Waals surface area contributed by atoms with Crippen molar-refractivity contribution in [2.75, 3.05) is 6.67 Å². The average molecular weight is 197 g/mol. The van der Waals surface area contributed by atoms with Gasteiger partial charge < -0.3 is 0 Å². The topological polar surface area (TPSA) is 27.6 Å².